The van der Waals surface area contributed by atoms with Gasteiger partial charge in [0.05, 0.1) is 16.5 Å². The van der Waals surface area contributed by atoms with Crippen LogP contribution in [-0.4, -0.2) is 18.4 Å². The van der Waals surface area contributed by atoms with Crippen LogP contribution in [0.5, 0.6) is 0 Å². The molecule has 4 rings (SSSR count). The van der Waals surface area contributed by atoms with Crippen LogP contribution in [0.1, 0.15) is 11.3 Å². The summed E-state index contributed by atoms with van der Waals surface area (Å²) >= 11 is 0. The first-order valence-electron chi connectivity index (χ1n) is 8.54. The van der Waals surface area contributed by atoms with Gasteiger partial charge in [-0.15, -0.1) is 0 Å². The maximum Gasteiger partial charge on any atom is 0.263 e. The van der Waals surface area contributed by atoms with Crippen LogP contribution < -0.4 is 4.72 Å². The third-order valence-electron chi connectivity index (χ3n) is 4.36. The first kappa shape index (κ1) is 17.8. The van der Waals surface area contributed by atoms with Gasteiger partial charge in [-0.2, -0.15) is 5.26 Å². The molecule has 0 bridgehead atoms. The standard InChI is InChI=1S/C21H16N4O2S/c1-14-12-18-8-11-20(24-21(18)23-14)25-28(26,27)19-9-6-17(7-10-19)16-4-2-15(13-22)3-5-16/h2-12H,1H3,(H2,23,24,25). The van der Waals surface area contributed by atoms with E-state index in [0.717, 1.165) is 22.2 Å². The molecule has 0 fully saturated rings. The molecule has 7 heteroatoms. The van der Waals surface area contributed by atoms with Gasteiger partial charge in [-0.05, 0) is 60.5 Å². The number of H-pyrrole nitrogens is 1. The van der Waals surface area contributed by atoms with E-state index in [0.29, 0.717) is 11.2 Å². The Morgan fingerprint density at radius 3 is 2.25 bits per heavy atom. The van der Waals surface area contributed by atoms with Crippen molar-refractivity contribution in [3.63, 3.8) is 0 Å². The number of benzene rings is 2. The summed E-state index contributed by atoms with van der Waals surface area (Å²) in [6.07, 6.45) is 0. The first-order chi connectivity index (χ1) is 13.4. The van der Waals surface area contributed by atoms with Crippen molar-refractivity contribution in [1.82, 2.24) is 9.97 Å². The zero-order valence-corrected chi connectivity index (χ0v) is 15.8. The van der Waals surface area contributed by atoms with Gasteiger partial charge in [-0.25, -0.2) is 13.4 Å². The molecule has 2 heterocycles. The minimum absolute atomic E-state index is 0.148. The fourth-order valence-electron chi connectivity index (χ4n) is 2.96. The molecule has 2 N–H and O–H groups in total. The molecule has 2 aromatic carbocycles. The van der Waals surface area contributed by atoms with Crippen LogP contribution in [0.15, 0.2) is 71.6 Å². The predicted molar refractivity (Wildman–Crippen MR) is 108 cm³/mol. The van der Waals surface area contributed by atoms with Crippen molar-refractivity contribution < 1.29 is 8.42 Å². The van der Waals surface area contributed by atoms with E-state index in [2.05, 4.69) is 20.8 Å². The summed E-state index contributed by atoms with van der Waals surface area (Å²) in [5.41, 5.74) is 3.94. The highest BCUT2D eigenvalue weighted by Crippen LogP contribution is 2.23. The highest BCUT2D eigenvalue weighted by atomic mass is 32.2. The zero-order chi connectivity index (χ0) is 19.7. The highest BCUT2D eigenvalue weighted by Gasteiger charge is 2.15. The Kier molecular flexibility index (Phi) is 4.34. The Morgan fingerprint density at radius 2 is 1.61 bits per heavy atom. The summed E-state index contributed by atoms with van der Waals surface area (Å²) in [5.74, 6) is 0.255. The Hall–Kier alpha value is -3.63. The minimum atomic E-state index is -3.75. The van der Waals surface area contributed by atoms with Crippen LogP contribution in [-0.2, 0) is 10.0 Å². The highest BCUT2D eigenvalue weighted by molar-refractivity contribution is 7.92. The fraction of sp³-hybridized carbons (Fsp3) is 0.0476. The van der Waals surface area contributed by atoms with Gasteiger partial charge in [0.25, 0.3) is 10.0 Å². The van der Waals surface area contributed by atoms with E-state index in [9.17, 15) is 8.42 Å². The van der Waals surface area contributed by atoms with E-state index in [1.165, 1.54) is 0 Å². The topological polar surface area (TPSA) is 98.6 Å². The third-order valence-corrected chi connectivity index (χ3v) is 5.74. The molecule has 0 unspecified atom stereocenters. The van der Waals surface area contributed by atoms with Crippen molar-refractivity contribution in [3.05, 3.63) is 78.0 Å². The normalized spacial score (nSPS) is 11.3. The molecular formula is C21H16N4O2S. The number of sulfonamides is 1. The lowest BCUT2D eigenvalue weighted by Crippen LogP contribution is -2.13. The molecule has 0 aliphatic heterocycles. The number of nitrogens with one attached hydrogen (secondary N) is 2. The Bertz CT molecular complexity index is 1300. The van der Waals surface area contributed by atoms with Crippen LogP contribution in [0.2, 0.25) is 0 Å². The molecule has 0 radical (unpaired) electrons. The molecule has 6 nitrogen and oxygen atoms in total. The minimum Gasteiger partial charge on any atom is -0.343 e. The van der Waals surface area contributed by atoms with E-state index >= 15 is 0 Å². The van der Waals surface area contributed by atoms with Gasteiger partial charge in [-0.3, -0.25) is 4.72 Å². The molecule has 2 aromatic heterocycles. The van der Waals surface area contributed by atoms with E-state index in [1.54, 1.807) is 42.5 Å². The van der Waals surface area contributed by atoms with Crippen molar-refractivity contribution in [2.45, 2.75) is 11.8 Å². The molecule has 4 aromatic rings. The molecule has 0 spiro atoms. The predicted octanol–water partition coefficient (Wildman–Crippen LogP) is 4.21. The van der Waals surface area contributed by atoms with Crippen LogP contribution >= 0.6 is 0 Å². The van der Waals surface area contributed by atoms with E-state index in [1.807, 2.05) is 31.2 Å². The lowest BCUT2D eigenvalue weighted by molar-refractivity contribution is 0.601. The van der Waals surface area contributed by atoms with Crippen molar-refractivity contribution in [1.29, 1.82) is 5.26 Å². The van der Waals surface area contributed by atoms with Gasteiger partial charge in [0.1, 0.15) is 11.5 Å². The second kappa shape index (κ2) is 6.83. The Morgan fingerprint density at radius 1 is 0.964 bits per heavy atom. The number of hydrogen-bond acceptors (Lipinski definition) is 4. The average Bonchev–Trinajstić information content (AvgIpc) is 3.07. The average molecular weight is 388 g/mol. The lowest BCUT2D eigenvalue weighted by atomic mass is 10.0. The summed E-state index contributed by atoms with van der Waals surface area (Å²) in [6, 6.07) is 21.2. The van der Waals surface area contributed by atoms with Gasteiger partial charge in [0, 0.05) is 11.1 Å². The second-order valence-corrected chi connectivity index (χ2v) is 8.09. The largest absolute Gasteiger partial charge is 0.343 e. The van der Waals surface area contributed by atoms with E-state index in [4.69, 9.17) is 5.26 Å². The fourth-order valence-corrected chi connectivity index (χ4v) is 3.96. The number of anilines is 1. The van der Waals surface area contributed by atoms with E-state index in [-0.39, 0.29) is 10.7 Å². The number of aromatic amines is 1. The number of nitriles is 1. The quantitative estimate of drug-likeness (QED) is 0.547. The number of hydrogen-bond donors (Lipinski definition) is 2. The van der Waals surface area contributed by atoms with Gasteiger partial charge in [-0.1, -0.05) is 24.3 Å². The molecule has 28 heavy (non-hydrogen) atoms. The maximum atomic E-state index is 12.7. The molecule has 0 aliphatic carbocycles. The third kappa shape index (κ3) is 3.46. The molecule has 0 atom stereocenters. The number of nitrogens with zero attached hydrogens (tertiary/aromatic N) is 2. The van der Waals surface area contributed by atoms with Crippen LogP contribution in [0, 0.1) is 18.3 Å². The summed E-state index contributed by atoms with van der Waals surface area (Å²) in [7, 11) is -3.75. The summed E-state index contributed by atoms with van der Waals surface area (Å²) in [6.45, 7) is 1.92. The molecule has 0 saturated carbocycles. The van der Waals surface area contributed by atoms with Gasteiger partial charge >= 0.3 is 0 Å². The molecule has 0 aliphatic rings. The molecule has 0 amide bonds. The zero-order valence-electron chi connectivity index (χ0n) is 15.0. The smallest absolute Gasteiger partial charge is 0.263 e. The summed E-state index contributed by atoms with van der Waals surface area (Å²) < 4.78 is 27.9. The van der Waals surface area contributed by atoms with Crippen molar-refractivity contribution in [2.75, 3.05) is 4.72 Å². The van der Waals surface area contributed by atoms with Gasteiger partial charge in [0.2, 0.25) is 0 Å². The van der Waals surface area contributed by atoms with Crippen LogP contribution in [0.4, 0.5) is 5.82 Å². The molecule has 138 valence electrons. The summed E-state index contributed by atoms with van der Waals surface area (Å²) in [5, 5.41) is 9.80. The van der Waals surface area contributed by atoms with Crippen molar-refractivity contribution in [2.24, 2.45) is 0 Å². The van der Waals surface area contributed by atoms with E-state index < -0.39 is 10.0 Å². The molecule has 0 saturated heterocycles. The second-order valence-electron chi connectivity index (χ2n) is 6.41. The monoisotopic (exact) mass is 388 g/mol. The Balaban J connectivity index is 1.58. The first-order valence-corrected chi connectivity index (χ1v) is 10.0. The van der Waals surface area contributed by atoms with Gasteiger partial charge < -0.3 is 4.98 Å². The number of pyridine rings is 1. The lowest BCUT2D eigenvalue weighted by Gasteiger charge is -2.08. The van der Waals surface area contributed by atoms with Crippen LogP contribution in [0.3, 0.4) is 0 Å². The number of fused-ring (bicyclic) bond motifs is 1. The number of rotatable bonds is 4. The van der Waals surface area contributed by atoms with Crippen molar-refractivity contribution >= 4 is 26.9 Å². The molecular weight excluding hydrogens is 372 g/mol. The summed E-state index contributed by atoms with van der Waals surface area (Å²) in [4.78, 5) is 7.56. The maximum absolute atomic E-state index is 12.7. The number of aryl methyl sites for hydroxylation is 1. The van der Waals surface area contributed by atoms with Crippen LogP contribution in [0.25, 0.3) is 22.2 Å². The Labute approximate surface area is 162 Å². The van der Waals surface area contributed by atoms with Crippen molar-refractivity contribution in [3.8, 4) is 17.2 Å². The SMILES string of the molecule is Cc1cc2ccc(NS(=O)(=O)c3ccc(-c4ccc(C#N)cc4)cc3)nc2[nH]1. The van der Waals surface area contributed by atoms with Gasteiger partial charge in [0.15, 0.2) is 0 Å². The number of aromatic nitrogens is 2.